The van der Waals surface area contributed by atoms with Crippen LogP contribution in [0.25, 0.3) is 0 Å². The molecule has 3 atom stereocenters. The molecule has 3 nitrogen and oxygen atoms in total. The highest BCUT2D eigenvalue weighted by atomic mass is 16.5. The van der Waals surface area contributed by atoms with Crippen LogP contribution < -0.4 is 5.32 Å². The van der Waals surface area contributed by atoms with Gasteiger partial charge in [0.2, 0.25) is 0 Å². The first-order chi connectivity index (χ1) is 10.3. The van der Waals surface area contributed by atoms with Crippen LogP contribution in [0.2, 0.25) is 0 Å². The fourth-order valence-electron chi connectivity index (χ4n) is 4.78. The van der Waals surface area contributed by atoms with Crippen molar-refractivity contribution in [3.05, 3.63) is 0 Å². The number of nitrogens with one attached hydrogen (secondary N) is 1. The van der Waals surface area contributed by atoms with E-state index in [-0.39, 0.29) is 5.60 Å². The topological polar surface area (TPSA) is 30.5 Å². The molecule has 122 valence electrons. The average Bonchev–Trinajstić information content (AvgIpc) is 3.16. The minimum Gasteiger partial charge on any atom is -0.378 e. The summed E-state index contributed by atoms with van der Waals surface area (Å²) in [6, 6.07) is 0.667. The Morgan fingerprint density at radius 3 is 2.71 bits per heavy atom. The standard InChI is InChI=1S/C18H33NO2/c1-2-19-17(8-7-16-6-5-12-20-16)15-9-13-21-18(14-15)10-3-4-11-18/h15-17,19H,2-14H2,1H3. The Bertz CT molecular complexity index is 308. The molecule has 3 heteroatoms. The van der Waals surface area contributed by atoms with Crippen LogP contribution >= 0.6 is 0 Å². The predicted octanol–water partition coefficient (Wildman–Crippen LogP) is 3.66. The quantitative estimate of drug-likeness (QED) is 0.811. The Morgan fingerprint density at radius 1 is 1.14 bits per heavy atom. The van der Waals surface area contributed by atoms with Crippen LogP contribution in [-0.2, 0) is 9.47 Å². The summed E-state index contributed by atoms with van der Waals surface area (Å²) in [7, 11) is 0. The molecule has 1 saturated carbocycles. The summed E-state index contributed by atoms with van der Waals surface area (Å²) in [5.41, 5.74) is 0.250. The summed E-state index contributed by atoms with van der Waals surface area (Å²) in [5.74, 6) is 0.804. The van der Waals surface area contributed by atoms with E-state index in [0.717, 1.165) is 25.7 Å². The largest absolute Gasteiger partial charge is 0.378 e. The van der Waals surface area contributed by atoms with Crippen LogP contribution in [0.15, 0.2) is 0 Å². The van der Waals surface area contributed by atoms with Crippen molar-refractivity contribution in [2.24, 2.45) is 5.92 Å². The van der Waals surface area contributed by atoms with Gasteiger partial charge >= 0.3 is 0 Å². The van der Waals surface area contributed by atoms with E-state index in [1.807, 2.05) is 0 Å². The van der Waals surface area contributed by atoms with Crippen LogP contribution in [0.5, 0.6) is 0 Å². The summed E-state index contributed by atoms with van der Waals surface area (Å²) in [5, 5.41) is 3.77. The summed E-state index contributed by atoms with van der Waals surface area (Å²) in [6.07, 6.45) is 13.5. The molecule has 3 fully saturated rings. The Morgan fingerprint density at radius 2 is 2.00 bits per heavy atom. The van der Waals surface area contributed by atoms with Crippen molar-refractivity contribution in [3.63, 3.8) is 0 Å². The van der Waals surface area contributed by atoms with E-state index >= 15 is 0 Å². The third kappa shape index (κ3) is 4.00. The number of ether oxygens (including phenoxy) is 2. The zero-order chi connectivity index (χ0) is 14.5. The number of rotatable bonds is 6. The minimum atomic E-state index is 0.250. The van der Waals surface area contributed by atoms with Crippen molar-refractivity contribution in [2.75, 3.05) is 19.8 Å². The van der Waals surface area contributed by atoms with Gasteiger partial charge in [0.1, 0.15) is 0 Å². The van der Waals surface area contributed by atoms with E-state index < -0.39 is 0 Å². The van der Waals surface area contributed by atoms with Crippen molar-refractivity contribution < 1.29 is 9.47 Å². The second-order valence-corrected chi connectivity index (χ2v) is 7.37. The Labute approximate surface area is 130 Å². The van der Waals surface area contributed by atoms with Gasteiger partial charge in [-0.15, -0.1) is 0 Å². The smallest absolute Gasteiger partial charge is 0.0685 e. The minimum absolute atomic E-state index is 0.250. The van der Waals surface area contributed by atoms with Crippen LogP contribution in [0.3, 0.4) is 0 Å². The molecular weight excluding hydrogens is 262 g/mol. The maximum atomic E-state index is 6.21. The van der Waals surface area contributed by atoms with E-state index in [1.165, 1.54) is 64.2 Å². The molecule has 0 bridgehead atoms. The highest BCUT2D eigenvalue weighted by molar-refractivity contribution is 4.94. The maximum Gasteiger partial charge on any atom is 0.0685 e. The molecule has 1 spiro atoms. The van der Waals surface area contributed by atoms with Gasteiger partial charge in [0, 0.05) is 19.3 Å². The molecule has 3 aliphatic rings. The lowest BCUT2D eigenvalue weighted by Crippen LogP contribution is -2.46. The fraction of sp³-hybridized carbons (Fsp3) is 1.00. The summed E-state index contributed by atoms with van der Waals surface area (Å²) >= 11 is 0. The van der Waals surface area contributed by atoms with E-state index in [9.17, 15) is 0 Å². The first kappa shape index (κ1) is 15.8. The second-order valence-electron chi connectivity index (χ2n) is 7.37. The van der Waals surface area contributed by atoms with Crippen LogP contribution in [0.4, 0.5) is 0 Å². The normalized spacial score (nSPS) is 33.6. The number of hydrogen-bond acceptors (Lipinski definition) is 3. The molecule has 2 aliphatic heterocycles. The molecule has 0 aromatic heterocycles. The van der Waals surface area contributed by atoms with Gasteiger partial charge in [0.05, 0.1) is 11.7 Å². The van der Waals surface area contributed by atoms with E-state index in [2.05, 4.69) is 12.2 Å². The Balaban J connectivity index is 1.54. The highest BCUT2D eigenvalue weighted by Crippen LogP contribution is 2.43. The predicted molar refractivity (Wildman–Crippen MR) is 85.5 cm³/mol. The lowest BCUT2D eigenvalue weighted by molar-refractivity contribution is -0.0986. The van der Waals surface area contributed by atoms with Gasteiger partial charge in [-0.25, -0.2) is 0 Å². The Hall–Kier alpha value is -0.120. The first-order valence-electron chi connectivity index (χ1n) is 9.30. The lowest BCUT2D eigenvalue weighted by atomic mass is 9.79. The molecule has 0 radical (unpaired) electrons. The number of hydrogen-bond donors (Lipinski definition) is 1. The van der Waals surface area contributed by atoms with E-state index in [0.29, 0.717) is 12.1 Å². The molecule has 2 saturated heterocycles. The van der Waals surface area contributed by atoms with Crippen LogP contribution in [-0.4, -0.2) is 37.5 Å². The molecule has 3 rings (SSSR count). The van der Waals surface area contributed by atoms with E-state index in [4.69, 9.17) is 9.47 Å². The van der Waals surface area contributed by atoms with Gasteiger partial charge < -0.3 is 14.8 Å². The molecule has 2 heterocycles. The van der Waals surface area contributed by atoms with Gasteiger partial charge in [-0.3, -0.25) is 0 Å². The van der Waals surface area contributed by atoms with Crippen molar-refractivity contribution in [1.82, 2.24) is 5.32 Å². The van der Waals surface area contributed by atoms with Gasteiger partial charge in [-0.1, -0.05) is 19.8 Å². The fourth-order valence-corrected chi connectivity index (χ4v) is 4.78. The van der Waals surface area contributed by atoms with Crippen LogP contribution in [0.1, 0.15) is 71.1 Å². The summed E-state index contributed by atoms with van der Waals surface area (Å²) in [4.78, 5) is 0. The van der Waals surface area contributed by atoms with Crippen molar-refractivity contribution in [2.45, 2.75) is 88.9 Å². The zero-order valence-corrected chi connectivity index (χ0v) is 13.7. The molecule has 3 unspecified atom stereocenters. The molecule has 0 aromatic carbocycles. The monoisotopic (exact) mass is 295 g/mol. The van der Waals surface area contributed by atoms with Gasteiger partial charge in [0.25, 0.3) is 0 Å². The van der Waals surface area contributed by atoms with Gasteiger partial charge in [-0.2, -0.15) is 0 Å². The third-order valence-electron chi connectivity index (χ3n) is 5.90. The van der Waals surface area contributed by atoms with Crippen molar-refractivity contribution in [3.8, 4) is 0 Å². The molecule has 1 aliphatic carbocycles. The third-order valence-corrected chi connectivity index (χ3v) is 5.90. The summed E-state index contributed by atoms with van der Waals surface area (Å²) in [6.45, 7) is 5.29. The average molecular weight is 295 g/mol. The van der Waals surface area contributed by atoms with Gasteiger partial charge in [0.15, 0.2) is 0 Å². The molecule has 1 N–H and O–H groups in total. The Kier molecular flexibility index (Phi) is 5.58. The summed E-state index contributed by atoms with van der Waals surface area (Å²) < 4.78 is 12.0. The first-order valence-corrected chi connectivity index (χ1v) is 9.30. The maximum absolute atomic E-state index is 6.21. The van der Waals surface area contributed by atoms with Gasteiger partial charge in [-0.05, 0) is 63.8 Å². The van der Waals surface area contributed by atoms with Crippen molar-refractivity contribution in [1.29, 1.82) is 0 Å². The second kappa shape index (κ2) is 7.43. The molecule has 0 amide bonds. The van der Waals surface area contributed by atoms with Crippen LogP contribution in [0, 0.1) is 5.92 Å². The SMILES string of the molecule is CCNC(CCC1CCCO1)C1CCOC2(CCCC2)C1. The van der Waals surface area contributed by atoms with Crippen molar-refractivity contribution >= 4 is 0 Å². The lowest BCUT2D eigenvalue weighted by Gasteiger charge is -2.41. The molecule has 0 aromatic rings. The highest BCUT2D eigenvalue weighted by Gasteiger charge is 2.41. The zero-order valence-electron chi connectivity index (χ0n) is 13.7. The molecule has 21 heavy (non-hydrogen) atoms. The van der Waals surface area contributed by atoms with E-state index in [1.54, 1.807) is 0 Å². The molecular formula is C18H33NO2.